The highest BCUT2D eigenvalue weighted by Crippen LogP contribution is 2.38. The Hall–Kier alpha value is -3.71. The first-order chi connectivity index (χ1) is 19.0. The predicted molar refractivity (Wildman–Crippen MR) is 166 cm³/mol. The Morgan fingerprint density at radius 2 is 1.56 bits per heavy atom. The summed E-state index contributed by atoms with van der Waals surface area (Å²) in [5.74, 6) is 0. The molecular formula is C32H24ClN3OS2. The first kappa shape index (κ1) is 25.6. The molecule has 0 aliphatic carbocycles. The highest BCUT2D eigenvalue weighted by Gasteiger charge is 2.32. The van der Waals surface area contributed by atoms with Crippen molar-refractivity contribution in [3.63, 3.8) is 0 Å². The van der Waals surface area contributed by atoms with Crippen molar-refractivity contribution in [2.45, 2.75) is 19.0 Å². The molecule has 4 aromatic rings. The summed E-state index contributed by atoms with van der Waals surface area (Å²) in [6.07, 6.45) is 2.81. The molecule has 0 N–H and O–H groups in total. The number of hydrogen-bond donors (Lipinski definition) is 0. The summed E-state index contributed by atoms with van der Waals surface area (Å²) >= 11 is 12.8. The number of benzene rings is 4. The second-order valence-electron chi connectivity index (χ2n) is 9.37. The molecule has 1 fully saturated rings. The van der Waals surface area contributed by atoms with Crippen molar-refractivity contribution >= 4 is 63.3 Å². The van der Waals surface area contributed by atoms with Gasteiger partial charge in [-0.1, -0.05) is 109 Å². The molecule has 7 heteroatoms. The Labute approximate surface area is 242 Å². The minimum atomic E-state index is -0.0663. The summed E-state index contributed by atoms with van der Waals surface area (Å²) in [5.41, 5.74) is 6.41. The molecule has 4 aromatic carbocycles. The van der Waals surface area contributed by atoms with Crippen molar-refractivity contribution in [1.29, 1.82) is 0 Å². The molecule has 1 saturated heterocycles. The van der Waals surface area contributed by atoms with Crippen molar-refractivity contribution in [2.75, 3.05) is 5.01 Å². The van der Waals surface area contributed by atoms with E-state index in [2.05, 4.69) is 65.7 Å². The van der Waals surface area contributed by atoms with Gasteiger partial charge in [-0.25, -0.2) is 0 Å². The average Bonchev–Trinajstić information content (AvgIpc) is 3.53. The van der Waals surface area contributed by atoms with Gasteiger partial charge < -0.3 is 0 Å². The number of thiocarbonyl (C=S) groups is 1. The van der Waals surface area contributed by atoms with Crippen LogP contribution in [0, 0.1) is 0 Å². The number of amides is 1. The van der Waals surface area contributed by atoms with Crippen LogP contribution in [0.2, 0.25) is 5.02 Å². The van der Waals surface area contributed by atoms with Crippen LogP contribution >= 0.6 is 35.6 Å². The van der Waals surface area contributed by atoms with Gasteiger partial charge in [-0.15, -0.1) is 0 Å². The lowest BCUT2D eigenvalue weighted by molar-refractivity contribution is 0.244. The van der Waals surface area contributed by atoms with E-state index in [-0.39, 0.29) is 11.3 Å². The zero-order chi connectivity index (χ0) is 26.8. The second-order valence-corrected chi connectivity index (χ2v) is 11.2. The van der Waals surface area contributed by atoms with Gasteiger partial charge >= 0.3 is 0 Å². The average molecular weight is 566 g/mol. The first-order valence-corrected chi connectivity index (χ1v) is 14.2. The van der Waals surface area contributed by atoms with Crippen LogP contribution in [-0.2, 0) is 6.54 Å². The molecule has 0 radical (unpaired) electrons. The van der Waals surface area contributed by atoms with Crippen LogP contribution < -0.4 is 5.01 Å². The van der Waals surface area contributed by atoms with Gasteiger partial charge in [0.15, 0.2) is 0 Å². The quantitative estimate of drug-likeness (QED) is 0.173. The lowest BCUT2D eigenvalue weighted by Gasteiger charge is -2.24. The van der Waals surface area contributed by atoms with E-state index < -0.39 is 0 Å². The van der Waals surface area contributed by atoms with Gasteiger partial charge in [0.05, 0.1) is 28.9 Å². The Morgan fingerprint density at radius 1 is 0.897 bits per heavy atom. The standard InChI is InChI=1S/C32H24ClN3OS2/c33-26-15-11-23(12-16-26)21-35-31(38)30(39-32(35)37)19-22-13-17-27(18-14-22)36-29(25-9-5-2-6-10-25)20-28(34-36)24-7-3-1-4-8-24/h1-19,29H,20-21H2/b30-19-. The van der Waals surface area contributed by atoms with Crippen molar-refractivity contribution in [2.24, 2.45) is 5.10 Å². The van der Waals surface area contributed by atoms with Crippen molar-refractivity contribution in [3.05, 3.63) is 141 Å². The number of carbonyl (C=O) groups excluding carboxylic acids is 1. The SMILES string of the molecule is O=C1S/C(=C\c2ccc(N3N=C(c4ccccc4)CC3c3ccccc3)cc2)C(=S)N1Cc1ccc(Cl)cc1. The van der Waals surface area contributed by atoms with Gasteiger partial charge in [-0.2, -0.15) is 5.10 Å². The van der Waals surface area contributed by atoms with Crippen molar-refractivity contribution in [1.82, 2.24) is 4.90 Å². The monoisotopic (exact) mass is 565 g/mol. The fourth-order valence-corrected chi connectivity index (χ4v) is 6.13. The lowest BCUT2D eigenvalue weighted by Crippen LogP contribution is -2.26. The molecule has 2 heterocycles. The van der Waals surface area contributed by atoms with Crippen LogP contribution in [0.5, 0.6) is 0 Å². The first-order valence-electron chi connectivity index (χ1n) is 12.6. The van der Waals surface area contributed by atoms with Crippen molar-refractivity contribution in [3.8, 4) is 0 Å². The number of anilines is 1. The fourth-order valence-electron chi connectivity index (χ4n) is 4.77. The minimum absolute atomic E-state index is 0.0663. The topological polar surface area (TPSA) is 35.9 Å². The fraction of sp³-hybridized carbons (Fsp3) is 0.0938. The molecule has 0 spiro atoms. The summed E-state index contributed by atoms with van der Waals surface area (Å²) in [6.45, 7) is 0.426. The number of rotatable bonds is 6. The molecule has 39 heavy (non-hydrogen) atoms. The number of carbonyl (C=O) groups is 1. The molecule has 1 atom stereocenters. The van der Waals surface area contributed by atoms with Crippen LogP contribution in [0.1, 0.15) is 34.7 Å². The molecule has 1 unspecified atom stereocenters. The summed E-state index contributed by atoms with van der Waals surface area (Å²) in [4.78, 5) is 15.7. The van der Waals surface area contributed by atoms with E-state index in [0.29, 0.717) is 16.6 Å². The third-order valence-electron chi connectivity index (χ3n) is 6.78. The lowest BCUT2D eigenvalue weighted by atomic mass is 9.98. The van der Waals surface area contributed by atoms with Crippen LogP contribution in [-0.4, -0.2) is 20.8 Å². The molecule has 192 valence electrons. The van der Waals surface area contributed by atoms with Gasteiger partial charge in [-0.3, -0.25) is 14.7 Å². The third-order valence-corrected chi connectivity index (χ3v) is 8.53. The number of halogens is 1. The smallest absolute Gasteiger partial charge is 0.288 e. The maximum absolute atomic E-state index is 12.7. The molecule has 0 aromatic heterocycles. The highest BCUT2D eigenvalue weighted by atomic mass is 35.5. The molecule has 0 saturated carbocycles. The molecule has 1 amide bonds. The number of hydrazone groups is 1. The van der Waals surface area contributed by atoms with Gasteiger partial charge in [0.1, 0.15) is 4.99 Å². The summed E-state index contributed by atoms with van der Waals surface area (Å²) < 4.78 is 0. The molecule has 0 bridgehead atoms. The minimum Gasteiger partial charge on any atom is -0.288 e. The molecule has 2 aliphatic heterocycles. The van der Waals surface area contributed by atoms with Gasteiger partial charge in [-0.05, 0) is 64.4 Å². The molecular weight excluding hydrogens is 542 g/mol. The second kappa shape index (κ2) is 11.2. The predicted octanol–water partition coefficient (Wildman–Crippen LogP) is 8.73. The highest BCUT2D eigenvalue weighted by molar-refractivity contribution is 8.19. The Kier molecular flexibility index (Phi) is 7.33. The van der Waals surface area contributed by atoms with Crippen LogP contribution in [0.25, 0.3) is 6.08 Å². The molecule has 4 nitrogen and oxygen atoms in total. The van der Waals surface area contributed by atoms with Crippen LogP contribution in [0.4, 0.5) is 10.5 Å². The Balaban J connectivity index is 1.23. The molecule has 6 rings (SSSR count). The Morgan fingerprint density at radius 3 is 2.26 bits per heavy atom. The zero-order valence-electron chi connectivity index (χ0n) is 20.9. The van der Waals surface area contributed by atoms with E-state index in [1.807, 2.05) is 54.6 Å². The third kappa shape index (κ3) is 5.55. The number of hydrogen-bond acceptors (Lipinski definition) is 5. The van der Waals surface area contributed by atoms with E-state index in [0.717, 1.165) is 39.4 Å². The normalized spacial score (nSPS) is 18.2. The Bertz CT molecular complexity index is 1570. The van der Waals surface area contributed by atoms with Gasteiger partial charge in [0.2, 0.25) is 0 Å². The van der Waals surface area contributed by atoms with Crippen LogP contribution in [0.3, 0.4) is 0 Å². The van der Waals surface area contributed by atoms with E-state index in [9.17, 15) is 4.79 Å². The largest absolute Gasteiger partial charge is 0.291 e. The maximum Gasteiger partial charge on any atom is 0.291 e. The number of nitrogens with zero attached hydrogens (tertiary/aromatic N) is 3. The summed E-state index contributed by atoms with van der Waals surface area (Å²) in [6, 6.07) is 36.7. The number of thioether (sulfide) groups is 1. The molecule has 2 aliphatic rings. The van der Waals surface area contributed by atoms with E-state index in [1.54, 1.807) is 4.90 Å². The van der Waals surface area contributed by atoms with Gasteiger partial charge in [0, 0.05) is 11.4 Å². The summed E-state index contributed by atoms with van der Waals surface area (Å²) in [7, 11) is 0. The van der Waals surface area contributed by atoms with Crippen molar-refractivity contribution < 1.29 is 4.79 Å². The maximum atomic E-state index is 12.7. The van der Waals surface area contributed by atoms with Gasteiger partial charge in [0.25, 0.3) is 5.24 Å². The van der Waals surface area contributed by atoms with Crippen LogP contribution in [0.15, 0.2) is 119 Å². The zero-order valence-corrected chi connectivity index (χ0v) is 23.3. The van der Waals surface area contributed by atoms with E-state index in [4.69, 9.17) is 28.9 Å². The van der Waals surface area contributed by atoms with E-state index >= 15 is 0 Å². The summed E-state index contributed by atoms with van der Waals surface area (Å²) in [5, 5.41) is 7.76. The van der Waals surface area contributed by atoms with E-state index in [1.165, 1.54) is 17.3 Å².